The number of fused-ring (bicyclic) bond motifs is 3. The van der Waals surface area contributed by atoms with Crippen LogP contribution in [0, 0.1) is 6.92 Å². The van der Waals surface area contributed by atoms with Gasteiger partial charge in [0, 0.05) is 26.8 Å². The summed E-state index contributed by atoms with van der Waals surface area (Å²) in [5, 5.41) is 5.81. The molecular weight excluding hydrogens is 526 g/mol. The molecule has 5 heteroatoms. The summed E-state index contributed by atoms with van der Waals surface area (Å²) >= 11 is 0. The molecule has 0 aliphatic rings. The number of nitrogens with zero attached hydrogens (tertiary/aromatic N) is 5. The molecule has 7 aromatic rings. The lowest BCUT2D eigenvalue weighted by Crippen LogP contribution is -1.96. The first-order valence-corrected chi connectivity index (χ1v) is 14.2. The van der Waals surface area contributed by atoms with E-state index >= 15 is 0 Å². The van der Waals surface area contributed by atoms with Crippen LogP contribution in [0.2, 0.25) is 0 Å². The number of azide groups is 1. The topological polar surface area (TPSA) is 74.5 Å². The highest BCUT2D eigenvalue weighted by molar-refractivity contribution is 6.13. The molecule has 0 unspecified atom stereocenters. The van der Waals surface area contributed by atoms with Gasteiger partial charge in [-0.25, -0.2) is 9.97 Å². The van der Waals surface area contributed by atoms with E-state index in [2.05, 4.69) is 114 Å². The van der Waals surface area contributed by atoms with Gasteiger partial charge in [-0.15, -0.1) is 0 Å². The molecule has 0 aliphatic carbocycles. The molecule has 204 valence electrons. The van der Waals surface area contributed by atoms with Crippen molar-refractivity contribution >= 4 is 21.8 Å². The van der Waals surface area contributed by atoms with Crippen molar-refractivity contribution in [2.75, 3.05) is 0 Å². The van der Waals surface area contributed by atoms with Crippen molar-refractivity contribution in [2.24, 2.45) is 5.11 Å². The molecule has 0 bridgehead atoms. The number of aryl methyl sites for hydroxylation is 1. The SMILES string of the molecule is Cc1ccc(-c2cc(-c3ccccc3)c3ccc4c(-c5ccccc5)cc(-c5ccc(CN=[N+]=[N-])cc5)nc4c3n2)cc1. The van der Waals surface area contributed by atoms with Crippen molar-refractivity contribution in [2.45, 2.75) is 13.5 Å². The highest BCUT2D eigenvalue weighted by atomic mass is 15.1. The Balaban J connectivity index is 1.54. The van der Waals surface area contributed by atoms with Gasteiger partial charge in [0.25, 0.3) is 0 Å². The molecule has 0 radical (unpaired) electrons. The fourth-order valence-corrected chi connectivity index (χ4v) is 5.60. The lowest BCUT2D eigenvalue weighted by molar-refractivity contribution is 1.05. The van der Waals surface area contributed by atoms with Crippen molar-refractivity contribution < 1.29 is 0 Å². The number of aromatic nitrogens is 2. The molecule has 43 heavy (non-hydrogen) atoms. The summed E-state index contributed by atoms with van der Waals surface area (Å²) in [6.07, 6.45) is 0. The quantitative estimate of drug-likeness (QED) is 0.0889. The third-order valence-electron chi connectivity index (χ3n) is 7.84. The predicted molar refractivity (Wildman–Crippen MR) is 176 cm³/mol. The summed E-state index contributed by atoms with van der Waals surface area (Å²) in [5.41, 5.74) is 20.9. The summed E-state index contributed by atoms with van der Waals surface area (Å²) in [7, 11) is 0. The zero-order valence-electron chi connectivity index (χ0n) is 23.6. The van der Waals surface area contributed by atoms with E-state index in [1.54, 1.807) is 0 Å². The molecule has 0 saturated carbocycles. The summed E-state index contributed by atoms with van der Waals surface area (Å²) in [4.78, 5) is 13.5. The van der Waals surface area contributed by atoms with Crippen molar-refractivity contribution in [3.63, 3.8) is 0 Å². The van der Waals surface area contributed by atoms with Crippen LogP contribution < -0.4 is 0 Å². The Bertz CT molecular complexity index is 2130. The van der Waals surface area contributed by atoms with Gasteiger partial charge in [-0.2, -0.15) is 0 Å². The van der Waals surface area contributed by atoms with E-state index in [9.17, 15) is 0 Å². The first-order chi connectivity index (χ1) is 21.2. The molecule has 0 N–H and O–H groups in total. The molecule has 2 aromatic heterocycles. The molecule has 0 amide bonds. The normalized spacial score (nSPS) is 11.0. The first-order valence-electron chi connectivity index (χ1n) is 14.2. The van der Waals surface area contributed by atoms with Gasteiger partial charge in [-0.05, 0) is 52.4 Å². The van der Waals surface area contributed by atoms with E-state index in [1.807, 2.05) is 36.4 Å². The van der Waals surface area contributed by atoms with Crippen LogP contribution in [0.15, 0.2) is 139 Å². The van der Waals surface area contributed by atoms with E-state index in [0.29, 0.717) is 6.54 Å². The zero-order chi connectivity index (χ0) is 29.2. The minimum atomic E-state index is 0.315. The van der Waals surface area contributed by atoms with E-state index in [1.165, 1.54) is 5.56 Å². The molecule has 2 heterocycles. The van der Waals surface area contributed by atoms with E-state index in [-0.39, 0.29) is 0 Å². The fraction of sp³-hybridized carbons (Fsp3) is 0.0526. The Morgan fingerprint density at radius 2 is 1.02 bits per heavy atom. The summed E-state index contributed by atoms with van der Waals surface area (Å²) in [5.74, 6) is 0. The standard InChI is InChI=1S/C38H27N5/c1-25-12-16-29(17-13-25)35-22-33(27-8-4-2-5-9-27)31-20-21-32-34(28-10-6-3-7-11-28)23-36(42-38(32)37(31)41-35)30-18-14-26(15-19-30)24-40-43-39/h2-23H,24H2,1H3. The lowest BCUT2D eigenvalue weighted by Gasteiger charge is -2.15. The second-order valence-corrected chi connectivity index (χ2v) is 10.7. The van der Waals surface area contributed by atoms with Gasteiger partial charge in [0.2, 0.25) is 0 Å². The summed E-state index contributed by atoms with van der Waals surface area (Å²) < 4.78 is 0. The molecule has 0 fully saturated rings. The van der Waals surface area contributed by atoms with Crippen LogP contribution >= 0.6 is 0 Å². The van der Waals surface area contributed by atoms with Gasteiger partial charge >= 0.3 is 0 Å². The number of hydrogen-bond acceptors (Lipinski definition) is 3. The minimum Gasteiger partial charge on any atom is -0.245 e. The van der Waals surface area contributed by atoms with Crippen LogP contribution in [0.4, 0.5) is 0 Å². The van der Waals surface area contributed by atoms with Crippen LogP contribution in [0.3, 0.4) is 0 Å². The van der Waals surface area contributed by atoms with E-state index < -0.39 is 0 Å². The number of pyridine rings is 2. The number of benzene rings is 5. The van der Waals surface area contributed by atoms with Crippen molar-refractivity contribution in [1.29, 1.82) is 0 Å². The fourth-order valence-electron chi connectivity index (χ4n) is 5.60. The Kier molecular flexibility index (Phi) is 6.84. The molecule has 5 nitrogen and oxygen atoms in total. The van der Waals surface area contributed by atoms with Crippen LogP contribution in [-0.4, -0.2) is 9.97 Å². The van der Waals surface area contributed by atoms with Gasteiger partial charge < -0.3 is 0 Å². The van der Waals surface area contributed by atoms with E-state index in [4.69, 9.17) is 15.5 Å². The van der Waals surface area contributed by atoms with Crippen LogP contribution in [0.25, 0.3) is 77.0 Å². The van der Waals surface area contributed by atoms with Gasteiger partial charge in [-0.3, -0.25) is 0 Å². The summed E-state index contributed by atoms with van der Waals surface area (Å²) in [6, 6.07) is 46.2. The van der Waals surface area contributed by atoms with E-state index in [0.717, 1.165) is 72.1 Å². The average Bonchev–Trinajstić information content (AvgIpc) is 3.07. The van der Waals surface area contributed by atoms with Crippen molar-refractivity contribution in [3.05, 3.63) is 155 Å². The Hall–Kier alpha value is -5.77. The molecule has 0 atom stereocenters. The number of hydrogen-bond donors (Lipinski definition) is 0. The maximum absolute atomic E-state index is 8.73. The maximum atomic E-state index is 8.73. The second kappa shape index (κ2) is 11.2. The monoisotopic (exact) mass is 553 g/mol. The molecule has 0 spiro atoms. The third kappa shape index (κ3) is 5.10. The Morgan fingerprint density at radius 1 is 0.558 bits per heavy atom. The molecular formula is C38H27N5. The highest BCUT2D eigenvalue weighted by Gasteiger charge is 2.17. The van der Waals surface area contributed by atoms with Gasteiger partial charge in [0.15, 0.2) is 0 Å². The summed E-state index contributed by atoms with van der Waals surface area (Å²) in [6.45, 7) is 2.41. The van der Waals surface area contributed by atoms with Gasteiger partial charge in [0.1, 0.15) is 0 Å². The van der Waals surface area contributed by atoms with Gasteiger partial charge in [0.05, 0.1) is 29.0 Å². The average molecular weight is 554 g/mol. The highest BCUT2D eigenvalue weighted by Crippen LogP contribution is 2.39. The molecule has 5 aromatic carbocycles. The zero-order valence-corrected chi connectivity index (χ0v) is 23.6. The largest absolute Gasteiger partial charge is 0.245 e. The van der Waals surface area contributed by atoms with Crippen molar-refractivity contribution in [1.82, 2.24) is 9.97 Å². The molecule has 0 aliphatic heterocycles. The molecule has 0 saturated heterocycles. The van der Waals surface area contributed by atoms with Crippen LogP contribution in [0.5, 0.6) is 0 Å². The smallest absolute Gasteiger partial charge is 0.0978 e. The molecule has 7 rings (SSSR count). The Labute approximate surface area is 249 Å². The second-order valence-electron chi connectivity index (χ2n) is 10.7. The van der Waals surface area contributed by atoms with Crippen molar-refractivity contribution in [3.8, 4) is 44.8 Å². The van der Waals surface area contributed by atoms with Crippen LogP contribution in [0.1, 0.15) is 11.1 Å². The maximum Gasteiger partial charge on any atom is 0.0978 e. The van der Waals surface area contributed by atoms with Gasteiger partial charge in [-0.1, -0.05) is 132 Å². The Morgan fingerprint density at radius 3 is 1.49 bits per heavy atom. The lowest BCUT2D eigenvalue weighted by atomic mass is 9.93. The predicted octanol–water partition coefficient (Wildman–Crippen LogP) is 10.6. The number of rotatable bonds is 6. The first kappa shape index (κ1) is 26.1. The van der Waals surface area contributed by atoms with Crippen LogP contribution in [-0.2, 0) is 6.54 Å². The third-order valence-corrected chi connectivity index (χ3v) is 7.84. The minimum absolute atomic E-state index is 0.315.